The smallest absolute Gasteiger partial charge is 0.282 e. The minimum Gasteiger partial charge on any atom is -0.395 e. The van der Waals surface area contributed by atoms with Crippen LogP contribution in [0.5, 0.6) is 0 Å². The highest BCUT2D eigenvalue weighted by Crippen LogP contribution is 2.13. The molecule has 6 nitrogen and oxygen atoms in total. The number of β-amino-alcohol motifs (C(OH)–C–C–N with tert-alkyl or cyclic N) is 1. The first-order valence-corrected chi connectivity index (χ1v) is 9.04. The summed E-state index contributed by atoms with van der Waals surface area (Å²) in [5.41, 5.74) is 0. The summed E-state index contributed by atoms with van der Waals surface area (Å²) in [5, 5.41) is 8.98. The van der Waals surface area contributed by atoms with Gasteiger partial charge in [-0.2, -0.15) is 17.0 Å². The Balaban J connectivity index is 2.70. The summed E-state index contributed by atoms with van der Waals surface area (Å²) in [4.78, 5) is 2.12. The van der Waals surface area contributed by atoms with Gasteiger partial charge in [-0.3, -0.25) is 4.90 Å². The molecular formula is C13H29N3O3S. The molecule has 1 heterocycles. The van der Waals surface area contributed by atoms with Crippen LogP contribution in [0.1, 0.15) is 33.1 Å². The third-order valence-corrected chi connectivity index (χ3v) is 5.60. The van der Waals surface area contributed by atoms with Gasteiger partial charge in [-0.1, -0.05) is 13.8 Å². The van der Waals surface area contributed by atoms with Crippen LogP contribution in [-0.2, 0) is 10.2 Å². The van der Waals surface area contributed by atoms with E-state index in [-0.39, 0.29) is 6.61 Å². The molecule has 7 heteroatoms. The fraction of sp³-hybridized carbons (Fsp3) is 1.00. The molecule has 1 aliphatic rings. The van der Waals surface area contributed by atoms with Gasteiger partial charge in [0.1, 0.15) is 0 Å². The molecule has 120 valence electrons. The highest BCUT2D eigenvalue weighted by atomic mass is 32.2. The topological polar surface area (TPSA) is 64.1 Å². The molecule has 0 aromatic heterocycles. The van der Waals surface area contributed by atoms with Crippen LogP contribution >= 0.6 is 0 Å². The number of rotatable bonds is 8. The molecule has 0 aromatic carbocycles. The monoisotopic (exact) mass is 307 g/mol. The summed E-state index contributed by atoms with van der Waals surface area (Å²) in [6.07, 6.45) is 2.50. The first kappa shape index (κ1) is 17.8. The van der Waals surface area contributed by atoms with Crippen molar-refractivity contribution in [2.75, 3.05) is 52.4 Å². The number of nitrogens with zero attached hydrogens (tertiary/aromatic N) is 3. The molecule has 1 rings (SSSR count). The molecule has 1 fully saturated rings. The zero-order chi connectivity index (χ0) is 15.0. The van der Waals surface area contributed by atoms with E-state index in [1.165, 1.54) is 0 Å². The van der Waals surface area contributed by atoms with Gasteiger partial charge in [0.25, 0.3) is 10.2 Å². The standard InChI is InChI=1S/C13H29N3O3S/c1-3-6-15(7-4-2)20(18,19)16-9-5-8-14(10-11-16)12-13-17/h17H,3-13H2,1-2H3. The van der Waals surface area contributed by atoms with Gasteiger partial charge in [0, 0.05) is 39.3 Å². The van der Waals surface area contributed by atoms with Gasteiger partial charge >= 0.3 is 0 Å². The van der Waals surface area contributed by atoms with Gasteiger partial charge in [0.05, 0.1) is 6.61 Å². The molecule has 0 saturated carbocycles. The lowest BCUT2D eigenvalue weighted by Crippen LogP contribution is -2.46. The van der Waals surface area contributed by atoms with Gasteiger partial charge in [-0.15, -0.1) is 0 Å². The Hall–Kier alpha value is -0.210. The van der Waals surface area contributed by atoms with Crippen molar-refractivity contribution in [1.82, 2.24) is 13.5 Å². The summed E-state index contributed by atoms with van der Waals surface area (Å²) in [5.74, 6) is 0. The number of aliphatic hydroxyl groups excluding tert-OH is 1. The molecule has 0 bridgehead atoms. The second-order valence-electron chi connectivity index (χ2n) is 5.22. The number of aliphatic hydroxyl groups is 1. The predicted molar refractivity (Wildman–Crippen MR) is 80.8 cm³/mol. The van der Waals surface area contributed by atoms with Crippen molar-refractivity contribution in [2.24, 2.45) is 0 Å². The normalized spacial score (nSPS) is 19.4. The molecule has 0 amide bonds. The average Bonchev–Trinajstić information content (AvgIpc) is 2.65. The molecule has 0 aliphatic carbocycles. The second kappa shape index (κ2) is 8.94. The Morgan fingerprint density at radius 1 is 1.05 bits per heavy atom. The lowest BCUT2D eigenvalue weighted by Gasteiger charge is -2.28. The first-order valence-electron chi connectivity index (χ1n) is 7.64. The summed E-state index contributed by atoms with van der Waals surface area (Å²) in [7, 11) is -3.33. The fourth-order valence-corrected chi connectivity index (χ4v) is 4.37. The highest BCUT2D eigenvalue weighted by Gasteiger charge is 2.29. The van der Waals surface area contributed by atoms with E-state index in [2.05, 4.69) is 4.90 Å². The Morgan fingerprint density at radius 3 is 2.25 bits per heavy atom. The molecule has 0 radical (unpaired) electrons. The maximum atomic E-state index is 12.7. The lowest BCUT2D eigenvalue weighted by molar-refractivity contribution is 0.201. The van der Waals surface area contributed by atoms with E-state index < -0.39 is 10.2 Å². The van der Waals surface area contributed by atoms with Crippen LogP contribution in [0.4, 0.5) is 0 Å². The van der Waals surface area contributed by atoms with Crippen LogP contribution in [0.2, 0.25) is 0 Å². The minimum atomic E-state index is -3.33. The molecule has 0 atom stereocenters. The van der Waals surface area contributed by atoms with E-state index in [0.717, 1.165) is 25.8 Å². The molecule has 1 aliphatic heterocycles. The van der Waals surface area contributed by atoms with Gasteiger partial charge in [-0.25, -0.2) is 0 Å². The van der Waals surface area contributed by atoms with Crippen molar-refractivity contribution in [1.29, 1.82) is 0 Å². The van der Waals surface area contributed by atoms with Crippen molar-refractivity contribution < 1.29 is 13.5 Å². The third-order valence-electron chi connectivity index (χ3n) is 3.56. The van der Waals surface area contributed by atoms with E-state index in [1.54, 1.807) is 8.61 Å². The minimum absolute atomic E-state index is 0.130. The van der Waals surface area contributed by atoms with Gasteiger partial charge in [-0.05, 0) is 25.8 Å². The molecule has 1 N–H and O–H groups in total. The quantitative estimate of drug-likeness (QED) is 0.703. The Labute approximate surface area is 123 Å². The zero-order valence-electron chi connectivity index (χ0n) is 12.8. The first-order chi connectivity index (χ1) is 9.56. The summed E-state index contributed by atoms with van der Waals surface area (Å²) in [6.45, 7) is 8.60. The molecular weight excluding hydrogens is 278 g/mol. The maximum absolute atomic E-state index is 12.7. The summed E-state index contributed by atoms with van der Waals surface area (Å²) >= 11 is 0. The fourth-order valence-electron chi connectivity index (χ4n) is 2.55. The van der Waals surface area contributed by atoms with Crippen molar-refractivity contribution in [3.05, 3.63) is 0 Å². The largest absolute Gasteiger partial charge is 0.395 e. The van der Waals surface area contributed by atoms with Crippen LogP contribution in [0.3, 0.4) is 0 Å². The van der Waals surface area contributed by atoms with E-state index in [0.29, 0.717) is 39.3 Å². The Bertz CT molecular complexity index is 356. The second-order valence-corrected chi connectivity index (χ2v) is 7.15. The van der Waals surface area contributed by atoms with Crippen molar-refractivity contribution in [3.8, 4) is 0 Å². The third kappa shape index (κ3) is 4.96. The van der Waals surface area contributed by atoms with Crippen LogP contribution in [-0.4, -0.2) is 79.5 Å². The number of hydrogen-bond donors (Lipinski definition) is 1. The van der Waals surface area contributed by atoms with E-state index in [4.69, 9.17) is 5.11 Å². The highest BCUT2D eigenvalue weighted by molar-refractivity contribution is 7.86. The van der Waals surface area contributed by atoms with Crippen LogP contribution in [0.25, 0.3) is 0 Å². The Morgan fingerprint density at radius 2 is 1.70 bits per heavy atom. The molecule has 0 spiro atoms. The zero-order valence-corrected chi connectivity index (χ0v) is 13.6. The van der Waals surface area contributed by atoms with E-state index in [9.17, 15) is 8.42 Å². The predicted octanol–water partition coefficient (Wildman–Crippen LogP) is 0.353. The van der Waals surface area contributed by atoms with Gasteiger partial charge in [0.2, 0.25) is 0 Å². The maximum Gasteiger partial charge on any atom is 0.282 e. The van der Waals surface area contributed by atoms with Crippen molar-refractivity contribution in [2.45, 2.75) is 33.1 Å². The average molecular weight is 307 g/mol. The van der Waals surface area contributed by atoms with Gasteiger partial charge in [0.15, 0.2) is 0 Å². The number of hydrogen-bond acceptors (Lipinski definition) is 4. The van der Waals surface area contributed by atoms with Crippen LogP contribution < -0.4 is 0 Å². The van der Waals surface area contributed by atoms with Crippen molar-refractivity contribution >= 4 is 10.2 Å². The van der Waals surface area contributed by atoms with Crippen LogP contribution in [0, 0.1) is 0 Å². The SMILES string of the molecule is CCCN(CCC)S(=O)(=O)N1CCCN(CCO)CC1. The van der Waals surface area contributed by atoms with Crippen LogP contribution in [0.15, 0.2) is 0 Å². The van der Waals surface area contributed by atoms with Gasteiger partial charge < -0.3 is 5.11 Å². The molecule has 0 aromatic rings. The molecule has 20 heavy (non-hydrogen) atoms. The van der Waals surface area contributed by atoms with E-state index in [1.807, 2.05) is 13.8 Å². The summed E-state index contributed by atoms with van der Waals surface area (Å²) < 4.78 is 28.5. The van der Waals surface area contributed by atoms with E-state index >= 15 is 0 Å². The molecule has 1 saturated heterocycles. The lowest BCUT2D eigenvalue weighted by atomic mass is 10.4. The summed E-state index contributed by atoms with van der Waals surface area (Å²) in [6, 6.07) is 0. The Kier molecular flexibility index (Phi) is 7.98. The van der Waals surface area contributed by atoms with Crippen molar-refractivity contribution in [3.63, 3.8) is 0 Å². The molecule has 0 unspecified atom stereocenters.